The van der Waals surface area contributed by atoms with Crippen LogP contribution in [-0.4, -0.2) is 44.4 Å². The Morgan fingerprint density at radius 3 is 2.64 bits per heavy atom. The lowest BCUT2D eigenvalue weighted by atomic mass is 10.1. The average Bonchev–Trinajstić information content (AvgIpc) is 2.77. The maximum absolute atomic E-state index is 12.2. The average molecular weight is 333 g/mol. The first-order valence-electron chi connectivity index (χ1n) is 6.62. The van der Waals surface area contributed by atoms with Gasteiger partial charge in [0.2, 0.25) is 0 Å². The number of aliphatic hydroxyl groups excluding tert-OH is 1. The number of halogens is 1. The summed E-state index contributed by atoms with van der Waals surface area (Å²) in [6.07, 6.45) is -1.27. The zero-order valence-corrected chi connectivity index (χ0v) is 13.1. The van der Waals surface area contributed by atoms with Crippen molar-refractivity contribution in [1.82, 2.24) is 9.13 Å². The summed E-state index contributed by atoms with van der Waals surface area (Å²) in [5.41, 5.74) is -0.857. The standard InChI is InChI=1S/C13H17ClN2O6/c1-6(18)21-11-8(5-17)22-10(9(11)14)7-4-15(2)13(20)16(3)12(7)19/h4,8-11,17H,5H2,1-3H3/t8-,9+,10+,11-/m1/s1. The normalized spacial score (nSPS) is 27.9. The number of alkyl halides is 1. The molecule has 8 nitrogen and oxygen atoms in total. The molecule has 122 valence electrons. The number of carbonyl (C=O) groups excluding carboxylic acids is 1. The van der Waals surface area contributed by atoms with Gasteiger partial charge in [0.25, 0.3) is 5.56 Å². The first-order valence-corrected chi connectivity index (χ1v) is 7.05. The van der Waals surface area contributed by atoms with Crippen LogP contribution in [0.5, 0.6) is 0 Å². The molecule has 0 unspecified atom stereocenters. The van der Waals surface area contributed by atoms with E-state index in [0.29, 0.717) is 0 Å². The fourth-order valence-electron chi connectivity index (χ4n) is 2.47. The van der Waals surface area contributed by atoms with Gasteiger partial charge in [0, 0.05) is 27.2 Å². The quantitative estimate of drug-likeness (QED) is 0.566. The second-order valence-corrected chi connectivity index (χ2v) is 5.64. The number of hydrogen-bond donors (Lipinski definition) is 1. The van der Waals surface area contributed by atoms with Crippen molar-refractivity contribution in [2.45, 2.75) is 30.6 Å². The van der Waals surface area contributed by atoms with Gasteiger partial charge in [-0.2, -0.15) is 0 Å². The van der Waals surface area contributed by atoms with Gasteiger partial charge in [0.1, 0.15) is 23.7 Å². The lowest BCUT2D eigenvalue weighted by Gasteiger charge is -2.18. The third-order valence-electron chi connectivity index (χ3n) is 3.55. The number of rotatable bonds is 3. The van der Waals surface area contributed by atoms with E-state index in [1.54, 1.807) is 0 Å². The monoisotopic (exact) mass is 332 g/mol. The molecule has 0 bridgehead atoms. The van der Waals surface area contributed by atoms with E-state index in [1.165, 1.54) is 31.8 Å². The van der Waals surface area contributed by atoms with Gasteiger partial charge in [-0.25, -0.2) is 4.79 Å². The Morgan fingerprint density at radius 2 is 2.09 bits per heavy atom. The third-order valence-corrected chi connectivity index (χ3v) is 4.03. The van der Waals surface area contributed by atoms with Crippen molar-refractivity contribution >= 4 is 17.6 Å². The van der Waals surface area contributed by atoms with Crippen LogP contribution in [0.1, 0.15) is 18.6 Å². The Hall–Kier alpha value is -1.64. The van der Waals surface area contributed by atoms with Gasteiger partial charge in [-0.15, -0.1) is 11.6 Å². The van der Waals surface area contributed by atoms with Crippen LogP contribution >= 0.6 is 11.6 Å². The molecule has 4 atom stereocenters. The Kier molecular flexibility index (Phi) is 4.74. The number of ether oxygens (including phenoxy) is 2. The van der Waals surface area contributed by atoms with Gasteiger partial charge in [-0.05, 0) is 0 Å². The first-order chi connectivity index (χ1) is 10.3. The molecule has 2 heterocycles. The van der Waals surface area contributed by atoms with Crippen LogP contribution in [0, 0.1) is 0 Å². The number of aryl methyl sites for hydroxylation is 1. The lowest BCUT2D eigenvalue weighted by Crippen LogP contribution is -2.40. The van der Waals surface area contributed by atoms with Crippen LogP contribution in [0.25, 0.3) is 0 Å². The van der Waals surface area contributed by atoms with E-state index in [9.17, 15) is 19.5 Å². The Bertz CT molecular complexity index is 697. The molecule has 9 heteroatoms. The van der Waals surface area contributed by atoms with Gasteiger partial charge in [-0.3, -0.25) is 14.2 Å². The molecule has 0 saturated carbocycles. The van der Waals surface area contributed by atoms with Crippen molar-refractivity contribution in [2.24, 2.45) is 14.1 Å². The molecule has 1 fully saturated rings. The van der Waals surface area contributed by atoms with Crippen molar-refractivity contribution in [3.05, 3.63) is 32.6 Å². The van der Waals surface area contributed by atoms with Gasteiger partial charge in [0.05, 0.1) is 12.2 Å². The van der Waals surface area contributed by atoms with E-state index in [1.807, 2.05) is 0 Å². The van der Waals surface area contributed by atoms with Crippen LogP contribution < -0.4 is 11.2 Å². The van der Waals surface area contributed by atoms with Gasteiger partial charge in [0.15, 0.2) is 0 Å². The fraction of sp³-hybridized carbons (Fsp3) is 0.615. The SMILES string of the molecule is CC(=O)O[C@H]1[C@@H](Cl)[C@H](c2cn(C)c(=O)n(C)c2=O)O[C@@H]1CO. The predicted octanol–water partition coefficient (Wildman–Crippen LogP) is -0.945. The minimum Gasteiger partial charge on any atom is -0.458 e. The minimum atomic E-state index is -0.895. The highest BCUT2D eigenvalue weighted by Gasteiger charge is 2.47. The summed E-state index contributed by atoms with van der Waals surface area (Å²) < 4.78 is 12.8. The van der Waals surface area contributed by atoms with E-state index >= 15 is 0 Å². The number of aromatic nitrogens is 2. The molecular formula is C13H17ClN2O6. The predicted molar refractivity (Wildman–Crippen MR) is 76.8 cm³/mol. The van der Waals surface area contributed by atoms with Gasteiger partial charge in [-0.1, -0.05) is 0 Å². The molecule has 1 aliphatic heterocycles. The molecular weight excluding hydrogens is 316 g/mol. The highest BCUT2D eigenvalue weighted by Crippen LogP contribution is 2.37. The van der Waals surface area contributed by atoms with E-state index in [-0.39, 0.29) is 5.56 Å². The zero-order valence-electron chi connectivity index (χ0n) is 12.4. The van der Waals surface area contributed by atoms with Gasteiger partial charge >= 0.3 is 11.7 Å². The van der Waals surface area contributed by atoms with E-state index in [4.69, 9.17) is 21.1 Å². The minimum absolute atomic E-state index is 0.165. The number of nitrogens with zero attached hydrogens (tertiary/aromatic N) is 2. The molecule has 0 amide bonds. The van der Waals surface area contributed by atoms with Crippen molar-refractivity contribution in [1.29, 1.82) is 0 Å². The molecule has 1 aromatic heterocycles. The summed E-state index contributed by atoms with van der Waals surface area (Å²) >= 11 is 6.26. The second-order valence-electron chi connectivity index (χ2n) is 5.14. The second kappa shape index (κ2) is 6.23. The molecule has 1 aliphatic rings. The molecule has 1 saturated heterocycles. The summed E-state index contributed by atoms with van der Waals surface area (Å²) in [7, 11) is 2.84. The van der Waals surface area contributed by atoms with Crippen LogP contribution in [0.3, 0.4) is 0 Å². The highest BCUT2D eigenvalue weighted by molar-refractivity contribution is 6.21. The molecule has 1 N–H and O–H groups in total. The van der Waals surface area contributed by atoms with Gasteiger partial charge < -0.3 is 19.1 Å². The van der Waals surface area contributed by atoms with Crippen molar-refractivity contribution in [2.75, 3.05) is 6.61 Å². The maximum atomic E-state index is 12.2. The molecule has 0 radical (unpaired) electrons. The maximum Gasteiger partial charge on any atom is 0.330 e. The van der Waals surface area contributed by atoms with Crippen molar-refractivity contribution < 1.29 is 19.4 Å². The summed E-state index contributed by atoms with van der Waals surface area (Å²) in [5.74, 6) is -0.563. The van der Waals surface area contributed by atoms with E-state index in [0.717, 1.165) is 4.57 Å². The summed E-state index contributed by atoms with van der Waals surface area (Å²) in [6.45, 7) is 0.806. The summed E-state index contributed by atoms with van der Waals surface area (Å²) in [5, 5.41) is 8.49. The topological polar surface area (TPSA) is 99.8 Å². The number of hydrogen-bond acceptors (Lipinski definition) is 6. The number of carbonyl (C=O) groups is 1. The van der Waals surface area contributed by atoms with Crippen LogP contribution in [0.4, 0.5) is 0 Å². The Balaban J connectivity index is 2.44. The zero-order chi connectivity index (χ0) is 16.6. The smallest absolute Gasteiger partial charge is 0.330 e. The summed E-state index contributed by atoms with van der Waals surface area (Å²) in [4.78, 5) is 35.1. The lowest BCUT2D eigenvalue weighted by molar-refractivity contribution is -0.150. The molecule has 2 rings (SSSR count). The fourth-order valence-corrected chi connectivity index (χ4v) is 2.88. The third kappa shape index (κ3) is 2.81. The van der Waals surface area contributed by atoms with E-state index < -0.39 is 47.5 Å². The van der Waals surface area contributed by atoms with Crippen molar-refractivity contribution in [3.8, 4) is 0 Å². The molecule has 22 heavy (non-hydrogen) atoms. The molecule has 1 aromatic rings. The van der Waals surface area contributed by atoms with E-state index in [2.05, 4.69) is 0 Å². The highest BCUT2D eigenvalue weighted by atomic mass is 35.5. The van der Waals surface area contributed by atoms with Crippen molar-refractivity contribution in [3.63, 3.8) is 0 Å². The molecule has 0 spiro atoms. The Morgan fingerprint density at radius 1 is 1.45 bits per heavy atom. The molecule has 0 aliphatic carbocycles. The Labute approximate surface area is 130 Å². The van der Waals surface area contributed by atoms with Crippen LogP contribution in [0.2, 0.25) is 0 Å². The first kappa shape index (κ1) is 16.7. The number of aliphatic hydroxyl groups is 1. The van der Waals surface area contributed by atoms with Crippen LogP contribution in [-0.2, 0) is 28.4 Å². The summed E-state index contributed by atoms with van der Waals surface area (Å²) in [6, 6.07) is 0. The van der Waals surface area contributed by atoms with Crippen LogP contribution in [0.15, 0.2) is 15.8 Å². The number of esters is 1. The largest absolute Gasteiger partial charge is 0.458 e. The molecule has 0 aromatic carbocycles.